The van der Waals surface area contributed by atoms with Crippen LogP contribution >= 0.6 is 34.8 Å². The number of carbonyl (C=O) groups is 3. The number of aliphatic carboxylic acids is 1. The fourth-order valence-electron chi connectivity index (χ4n) is 2.73. The first-order valence-electron chi connectivity index (χ1n) is 9.31. The van der Waals surface area contributed by atoms with Gasteiger partial charge in [-0.2, -0.15) is 0 Å². The molecule has 0 aliphatic carbocycles. The van der Waals surface area contributed by atoms with Crippen molar-refractivity contribution in [1.29, 1.82) is 0 Å². The van der Waals surface area contributed by atoms with Crippen LogP contribution in [-0.4, -0.2) is 28.0 Å². The molecule has 8 nitrogen and oxygen atoms in total. The van der Waals surface area contributed by atoms with E-state index in [1.807, 2.05) is 0 Å². The topological polar surface area (TPSA) is 125 Å². The molecule has 0 radical (unpaired) electrons. The van der Waals surface area contributed by atoms with Crippen LogP contribution in [0.25, 0.3) is 0 Å². The lowest BCUT2D eigenvalue weighted by molar-refractivity contribution is -0.147. The second-order valence-electron chi connectivity index (χ2n) is 6.73. The van der Waals surface area contributed by atoms with Gasteiger partial charge in [-0.25, -0.2) is 9.18 Å². The molecule has 2 amide bonds. The summed E-state index contributed by atoms with van der Waals surface area (Å²) >= 11 is 18.2. The number of rotatable bonds is 6. The smallest absolute Gasteiger partial charge is 0.394 e. The molecule has 0 aliphatic rings. The molecule has 0 atom stereocenters. The molecule has 3 rings (SSSR count). The monoisotopic (exact) mass is 526 g/mol. The Labute approximate surface area is 206 Å². The average molecular weight is 528 g/mol. The summed E-state index contributed by atoms with van der Waals surface area (Å²) in [7, 11) is 0. The van der Waals surface area contributed by atoms with Crippen LogP contribution < -0.4 is 15.4 Å². The van der Waals surface area contributed by atoms with Gasteiger partial charge in [-0.3, -0.25) is 9.59 Å². The van der Waals surface area contributed by atoms with Crippen molar-refractivity contribution < 1.29 is 33.7 Å². The molecule has 3 aromatic carbocycles. The van der Waals surface area contributed by atoms with Gasteiger partial charge in [0.05, 0.1) is 15.6 Å². The number of carboxylic acid groups (broad SMARTS) is 1. The summed E-state index contributed by atoms with van der Waals surface area (Å²) in [6, 6.07) is 10.0. The zero-order valence-corrected chi connectivity index (χ0v) is 19.1. The number of anilines is 1. The Morgan fingerprint density at radius 3 is 2.24 bits per heavy atom. The number of hydrogen-bond acceptors (Lipinski definition) is 5. The molecule has 176 valence electrons. The molecule has 0 spiro atoms. The lowest BCUT2D eigenvalue weighted by Crippen LogP contribution is -2.23. The molecule has 34 heavy (non-hydrogen) atoms. The van der Waals surface area contributed by atoms with E-state index in [-0.39, 0.29) is 50.1 Å². The highest BCUT2D eigenvalue weighted by Gasteiger charge is 2.18. The van der Waals surface area contributed by atoms with Crippen LogP contribution in [0.5, 0.6) is 17.2 Å². The van der Waals surface area contributed by atoms with Crippen molar-refractivity contribution in [1.82, 2.24) is 5.32 Å². The number of ether oxygens (including phenoxy) is 1. The maximum atomic E-state index is 13.2. The molecule has 0 bridgehead atoms. The third-order valence-electron chi connectivity index (χ3n) is 4.34. The predicted molar refractivity (Wildman–Crippen MR) is 123 cm³/mol. The van der Waals surface area contributed by atoms with Crippen molar-refractivity contribution in [2.24, 2.45) is 0 Å². The number of aromatic hydroxyl groups is 1. The normalized spacial score (nSPS) is 10.5. The SMILES string of the molecule is O=C(O)C(=O)Nc1cc(Cl)c(Oc2ccc(O)c(C(=O)NCc3ccc(F)cc3Cl)c2)c(Cl)c1. The molecule has 0 saturated heterocycles. The third-order valence-corrected chi connectivity index (χ3v) is 5.25. The van der Waals surface area contributed by atoms with Crippen LogP contribution in [0.3, 0.4) is 0 Å². The van der Waals surface area contributed by atoms with E-state index in [4.69, 9.17) is 44.6 Å². The number of phenols is 1. The van der Waals surface area contributed by atoms with E-state index < -0.39 is 23.6 Å². The number of hydrogen-bond donors (Lipinski definition) is 4. The first kappa shape index (κ1) is 25.1. The Morgan fingerprint density at radius 2 is 1.62 bits per heavy atom. The van der Waals surface area contributed by atoms with Crippen LogP contribution in [0.15, 0.2) is 48.5 Å². The van der Waals surface area contributed by atoms with Gasteiger partial charge in [-0.1, -0.05) is 40.9 Å². The minimum atomic E-state index is -1.69. The lowest BCUT2D eigenvalue weighted by atomic mass is 10.1. The summed E-state index contributed by atoms with van der Waals surface area (Å²) in [5.41, 5.74) is 0.366. The summed E-state index contributed by atoms with van der Waals surface area (Å²) in [6.07, 6.45) is 0. The van der Waals surface area contributed by atoms with Crippen LogP contribution in [0.4, 0.5) is 10.1 Å². The number of carboxylic acids is 1. The number of phenolic OH excluding ortho intramolecular Hbond substituents is 1. The summed E-state index contributed by atoms with van der Waals surface area (Å²) < 4.78 is 18.8. The fraction of sp³-hybridized carbons (Fsp3) is 0.0455. The molecule has 0 aromatic heterocycles. The van der Waals surface area contributed by atoms with E-state index in [1.54, 1.807) is 0 Å². The van der Waals surface area contributed by atoms with Crippen LogP contribution in [0, 0.1) is 5.82 Å². The predicted octanol–water partition coefficient (Wildman–Crippen LogP) is 5.24. The van der Waals surface area contributed by atoms with Gasteiger partial charge in [-0.15, -0.1) is 0 Å². The minimum Gasteiger partial charge on any atom is -0.507 e. The van der Waals surface area contributed by atoms with Crippen molar-refractivity contribution in [2.45, 2.75) is 6.54 Å². The van der Waals surface area contributed by atoms with Gasteiger partial charge in [-0.05, 0) is 48.0 Å². The van der Waals surface area contributed by atoms with Gasteiger partial charge in [0.15, 0.2) is 5.75 Å². The summed E-state index contributed by atoms with van der Waals surface area (Å²) in [5, 5.41) is 23.5. The molecule has 0 fully saturated rings. The summed E-state index contributed by atoms with van der Waals surface area (Å²) in [6.45, 7) is -0.0242. The molecular weight excluding hydrogens is 514 g/mol. The molecule has 0 saturated carbocycles. The van der Waals surface area contributed by atoms with Crippen LogP contribution in [0.1, 0.15) is 15.9 Å². The Kier molecular flexibility index (Phi) is 7.83. The molecule has 0 heterocycles. The maximum absolute atomic E-state index is 13.2. The van der Waals surface area contributed by atoms with Gasteiger partial charge in [0, 0.05) is 17.3 Å². The Balaban J connectivity index is 1.77. The van der Waals surface area contributed by atoms with E-state index in [2.05, 4.69) is 10.6 Å². The Hall–Kier alpha value is -3.53. The molecule has 3 aromatic rings. The third kappa shape index (κ3) is 6.07. The summed E-state index contributed by atoms with van der Waals surface area (Å²) in [4.78, 5) is 34.6. The van der Waals surface area contributed by atoms with Gasteiger partial charge < -0.3 is 25.6 Å². The van der Waals surface area contributed by atoms with E-state index in [0.29, 0.717) is 5.56 Å². The van der Waals surface area contributed by atoms with Crippen molar-refractivity contribution in [3.05, 3.63) is 80.5 Å². The zero-order chi connectivity index (χ0) is 25.0. The Bertz CT molecular complexity index is 1280. The molecule has 0 aliphatic heterocycles. The van der Waals surface area contributed by atoms with Gasteiger partial charge in [0.2, 0.25) is 0 Å². The van der Waals surface area contributed by atoms with E-state index in [1.165, 1.54) is 42.5 Å². The minimum absolute atomic E-state index is 0.0242. The number of carbonyl (C=O) groups excluding carboxylic acids is 2. The number of halogens is 4. The first-order chi connectivity index (χ1) is 16.0. The first-order valence-corrected chi connectivity index (χ1v) is 10.4. The van der Waals surface area contributed by atoms with E-state index in [0.717, 1.165) is 6.07 Å². The molecule has 12 heteroatoms. The second-order valence-corrected chi connectivity index (χ2v) is 7.95. The van der Waals surface area contributed by atoms with Gasteiger partial charge in [0.25, 0.3) is 5.91 Å². The highest BCUT2D eigenvalue weighted by molar-refractivity contribution is 6.39. The zero-order valence-electron chi connectivity index (χ0n) is 16.9. The average Bonchev–Trinajstić information content (AvgIpc) is 2.76. The number of benzene rings is 3. The highest BCUT2D eigenvalue weighted by Crippen LogP contribution is 2.39. The standard InChI is InChI=1S/C22H14Cl3FN2O6/c23-15-5-11(26)2-1-10(15)9-27-20(30)14-8-13(3-4-18(14)29)34-19-16(24)6-12(7-17(19)25)28-21(31)22(32)33/h1-8,29H,9H2,(H,27,30)(H,28,31)(H,32,33). The lowest BCUT2D eigenvalue weighted by Gasteiger charge is -2.13. The van der Waals surface area contributed by atoms with Crippen molar-refractivity contribution >= 4 is 58.3 Å². The largest absolute Gasteiger partial charge is 0.507 e. The van der Waals surface area contributed by atoms with Gasteiger partial charge in [0.1, 0.15) is 17.3 Å². The molecular formula is C22H14Cl3FN2O6. The maximum Gasteiger partial charge on any atom is 0.394 e. The second kappa shape index (κ2) is 10.6. The molecule has 4 N–H and O–H groups in total. The quantitative estimate of drug-likeness (QED) is 0.325. The van der Waals surface area contributed by atoms with Crippen LogP contribution in [-0.2, 0) is 16.1 Å². The van der Waals surface area contributed by atoms with Gasteiger partial charge >= 0.3 is 11.9 Å². The fourth-order valence-corrected chi connectivity index (χ4v) is 3.53. The number of nitrogens with one attached hydrogen (secondary N) is 2. The van der Waals surface area contributed by atoms with Crippen molar-refractivity contribution in [2.75, 3.05) is 5.32 Å². The highest BCUT2D eigenvalue weighted by atomic mass is 35.5. The summed E-state index contributed by atoms with van der Waals surface area (Å²) in [5.74, 6) is -4.43. The Morgan fingerprint density at radius 1 is 0.941 bits per heavy atom. The van der Waals surface area contributed by atoms with E-state index >= 15 is 0 Å². The van der Waals surface area contributed by atoms with E-state index in [9.17, 15) is 23.9 Å². The molecule has 0 unspecified atom stereocenters. The van der Waals surface area contributed by atoms with Crippen LogP contribution in [0.2, 0.25) is 15.1 Å². The van der Waals surface area contributed by atoms with Crippen molar-refractivity contribution in [3.63, 3.8) is 0 Å². The van der Waals surface area contributed by atoms with Crippen molar-refractivity contribution in [3.8, 4) is 17.2 Å². The number of amides is 2.